The third kappa shape index (κ3) is 5.72. The van der Waals surface area contributed by atoms with E-state index in [1.165, 1.54) is 16.4 Å². The summed E-state index contributed by atoms with van der Waals surface area (Å²) in [5.74, 6) is 0.377. The second-order valence-electron chi connectivity index (χ2n) is 7.63. The number of hydrogen-bond acceptors (Lipinski definition) is 6. The average Bonchev–Trinajstić information content (AvgIpc) is 2.77. The molecule has 1 saturated heterocycles. The molecule has 1 fully saturated rings. The third-order valence-electron chi connectivity index (χ3n) is 4.84. The summed E-state index contributed by atoms with van der Waals surface area (Å²) in [5, 5.41) is 3.31. The number of halogens is 1. The minimum atomic E-state index is -3.74. The molecule has 0 aliphatic carbocycles. The van der Waals surface area contributed by atoms with Crippen LogP contribution in [0.5, 0.6) is 11.5 Å². The van der Waals surface area contributed by atoms with Gasteiger partial charge in [0.1, 0.15) is 11.5 Å². The highest BCUT2D eigenvalue weighted by Gasteiger charge is 2.32. The van der Waals surface area contributed by atoms with Gasteiger partial charge in [-0.25, -0.2) is 8.42 Å². The minimum absolute atomic E-state index is 0.0644. The zero-order chi connectivity index (χ0) is 23.4. The lowest BCUT2D eigenvalue weighted by Crippen LogP contribution is -2.42. The SMILES string of the molecule is CCOc1ccc(S(=O)(=O)N2CCOCC2)cc1NC(=O)C(C)(C)Oc1ccc(Cl)cc1. The molecular weight excluding hydrogens is 456 g/mol. The summed E-state index contributed by atoms with van der Waals surface area (Å²) in [7, 11) is -3.74. The molecule has 1 aliphatic rings. The number of nitrogens with zero attached hydrogens (tertiary/aromatic N) is 1. The monoisotopic (exact) mass is 482 g/mol. The molecule has 1 heterocycles. The van der Waals surface area contributed by atoms with Crippen molar-refractivity contribution in [3.8, 4) is 11.5 Å². The van der Waals surface area contributed by atoms with Crippen molar-refractivity contribution < 1.29 is 27.4 Å². The number of nitrogens with one attached hydrogen (secondary N) is 1. The maximum Gasteiger partial charge on any atom is 0.268 e. The van der Waals surface area contributed by atoms with Crippen LogP contribution in [0.3, 0.4) is 0 Å². The van der Waals surface area contributed by atoms with Crippen molar-refractivity contribution in [3.63, 3.8) is 0 Å². The molecule has 10 heteroatoms. The number of carbonyl (C=O) groups is 1. The number of amides is 1. The molecule has 1 N–H and O–H groups in total. The lowest BCUT2D eigenvalue weighted by molar-refractivity contribution is -0.128. The highest BCUT2D eigenvalue weighted by molar-refractivity contribution is 7.89. The summed E-state index contributed by atoms with van der Waals surface area (Å²) in [6.45, 7) is 6.63. The fraction of sp³-hybridized carbons (Fsp3) is 0.409. The largest absolute Gasteiger partial charge is 0.492 e. The van der Waals surface area contributed by atoms with Crippen LogP contribution in [0.2, 0.25) is 5.02 Å². The Bertz CT molecular complexity index is 1050. The number of carbonyl (C=O) groups excluding carboxylic acids is 1. The average molecular weight is 483 g/mol. The predicted molar refractivity (Wildman–Crippen MR) is 122 cm³/mol. The van der Waals surface area contributed by atoms with Crippen LogP contribution in [-0.2, 0) is 19.6 Å². The number of benzene rings is 2. The van der Waals surface area contributed by atoms with E-state index >= 15 is 0 Å². The number of anilines is 1. The molecule has 8 nitrogen and oxygen atoms in total. The van der Waals surface area contributed by atoms with Crippen LogP contribution in [0.25, 0.3) is 0 Å². The van der Waals surface area contributed by atoms with E-state index in [1.807, 2.05) is 0 Å². The van der Waals surface area contributed by atoms with E-state index in [4.69, 9.17) is 25.8 Å². The van der Waals surface area contributed by atoms with Crippen molar-refractivity contribution in [2.45, 2.75) is 31.3 Å². The van der Waals surface area contributed by atoms with Crippen molar-refractivity contribution in [3.05, 3.63) is 47.5 Å². The van der Waals surface area contributed by atoms with E-state index in [1.54, 1.807) is 51.1 Å². The first kappa shape index (κ1) is 24.3. The standard InChI is InChI=1S/C22H27ClN2O6S/c1-4-30-20-10-9-18(32(27,28)25-11-13-29-14-12-25)15-19(20)24-21(26)22(2,3)31-17-7-5-16(23)6-8-17/h5-10,15H,4,11-14H2,1-3H3,(H,24,26). The Hall–Kier alpha value is -2.33. The van der Waals surface area contributed by atoms with Crippen molar-refractivity contribution in [1.29, 1.82) is 0 Å². The molecule has 0 unspecified atom stereocenters. The van der Waals surface area contributed by atoms with Crippen LogP contribution >= 0.6 is 11.6 Å². The molecule has 1 aliphatic heterocycles. The summed E-state index contributed by atoms with van der Waals surface area (Å²) in [6.07, 6.45) is 0. The molecule has 3 rings (SSSR count). The van der Waals surface area contributed by atoms with Gasteiger partial charge < -0.3 is 19.5 Å². The van der Waals surface area contributed by atoms with Gasteiger partial charge >= 0.3 is 0 Å². The summed E-state index contributed by atoms with van der Waals surface area (Å²) in [4.78, 5) is 13.1. The van der Waals surface area contributed by atoms with Crippen LogP contribution in [0.4, 0.5) is 5.69 Å². The van der Waals surface area contributed by atoms with E-state index in [0.29, 0.717) is 36.3 Å². The van der Waals surface area contributed by atoms with Gasteiger partial charge in [-0.15, -0.1) is 0 Å². The van der Waals surface area contributed by atoms with Crippen LogP contribution in [-0.4, -0.2) is 57.1 Å². The van der Waals surface area contributed by atoms with Crippen molar-refractivity contribution in [2.24, 2.45) is 0 Å². The van der Waals surface area contributed by atoms with Gasteiger partial charge in [-0.3, -0.25) is 4.79 Å². The van der Waals surface area contributed by atoms with Gasteiger partial charge in [-0.2, -0.15) is 4.31 Å². The molecule has 2 aromatic carbocycles. The van der Waals surface area contributed by atoms with Crippen molar-refractivity contribution in [1.82, 2.24) is 4.31 Å². The maximum absolute atomic E-state index is 13.0. The molecule has 1 amide bonds. The summed E-state index contributed by atoms with van der Waals surface area (Å²) >= 11 is 5.90. The maximum atomic E-state index is 13.0. The van der Waals surface area contributed by atoms with E-state index in [2.05, 4.69) is 5.32 Å². The van der Waals surface area contributed by atoms with E-state index in [-0.39, 0.29) is 23.7 Å². The first-order valence-corrected chi connectivity index (χ1v) is 12.1. The summed E-state index contributed by atoms with van der Waals surface area (Å²) in [6, 6.07) is 11.1. The van der Waals surface area contributed by atoms with Crippen molar-refractivity contribution >= 4 is 33.2 Å². The molecule has 32 heavy (non-hydrogen) atoms. The summed E-state index contributed by atoms with van der Waals surface area (Å²) in [5.41, 5.74) is -1.00. The number of rotatable bonds is 8. The fourth-order valence-electron chi connectivity index (χ4n) is 3.10. The Morgan fingerprint density at radius 1 is 1.16 bits per heavy atom. The normalized spacial score (nSPS) is 15.2. The molecule has 174 valence electrons. The molecule has 0 atom stereocenters. The first-order chi connectivity index (χ1) is 15.1. The Balaban J connectivity index is 1.85. The molecule has 0 aromatic heterocycles. The zero-order valence-electron chi connectivity index (χ0n) is 18.3. The van der Waals surface area contributed by atoms with Crippen LogP contribution in [0.1, 0.15) is 20.8 Å². The zero-order valence-corrected chi connectivity index (χ0v) is 19.8. The Morgan fingerprint density at radius 2 is 1.81 bits per heavy atom. The molecule has 0 saturated carbocycles. The second-order valence-corrected chi connectivity index (χ2v) is 10.0. The van der Waals surface area contributed by atoms with Gasteiger partial charge in [-0.1, -0.05) is 11.6 Å². The highest BCUT2D eigenvalue weighted by atomic mass is 35.5. The number of morpholine rings is 1. The van der Waals surface area contributed by atoms with E-state index < -0.39 is 21.5 Å². The van der Waals surface area contributed by atoms with Gasteiger partial charge in [0, 0.05) is 18.1 Å². The lowest BCUT2D eigenvalue weighted by Gasteiger charge is -2.27. The Labute approximate surface area is 193 Å². The number of sulfonamides is 1. The first-order valence-electron chi connectivity index (χ1n) is 10.2. The molecule has 0 bridgehead atoms. The van der Waals surface area contributed by atoms with Crippen LogP contribution in [0.15, 0.2) is 47.4 Å². The highest BCUT2D eigenvalue weighted by Crippen LogP contribution is 2.31. The Kier molecular flexibility index (Phi) is 7.66. The lowest BCUT2D eigenvalue weighted by atomic mass is 10.1. The van der Waals surface area contributed by atoms with Gasteiger partial charge in [0.05, 0.1) is 30.4 Å². The second kappa shape index (κ2) is 10.1. The quantitative estimate of drug-likeness (QED) is 0.618. The number of ether oxygens (including phenoxy) is 3. The molecule has 0 spiro atoms. The molecular formula is C22H27ClN2O6S. The summed E-state index contributed by atoms with van der Waals surface area (Å²) < 4.78 is 44.1. The van der Waals surface area contributed by atoms with Crippen LogP contribution < -0.4 is 14.8 Å². The number of hydrogen-bond donors (Lipinski definition) is 1. The minimum Gasteiger partial charge on any atom is -0.492 e. The van der Waals surface area contributed by atoms with Crippen LogP contribution in [0, 0.1) is 0 Å². The fourth-order valence-corrected chi connectivity index (χ4v) is 4.66. The van der Waals surface area contributed by atoms with E-state index in [9.17, 15) is 13.2 Å². The smallest absolute Gasteiger partial charge is 0.268 e. The third-order valence-corrected chi connectivity index (χ3v) is 6.99. The molecule has 0 radical (unpaired) electrons. The van der Waals surface area contributed by atoms with Gasteiger partial charge in [0.2, 0.25) is 10.0 Å². The van der Waals surface area contributed by atoms with Gasteiger partial charge in [0.15, 0.2) is 5.60 Å². The van der Waals surface area contributed by atoms with Crippen molar-refractivity contribution in [2.75, 3.05) is 38.2 Å². The molecule has 2 aromatic rings. The Morgan fingerprint density at radius 3 is 2.44 bits per heavy atom. The van der Waals surface area contributed by atoms with Gasteiger partial charge in [-0.05, 0) is 63.2 Å². The predicted octanol–water partition coefficient (Wildman–Crippen LogP) is 3.56. The topological polar surface area (TPSA) is 94.2 Å². The van der Waals surface area contributed by atoms with Gasteiger partial charge in [0.25, 0.3) is 5.91 Å². The van der Waals surface area contributed by atoms with E-state index in [0.717, 1.165) is 0 Å².